The molecule has 2 aliphatic carbocycles. The maximum atomic E-state index is 14.6. The Morgan fingerprint density at radius 1 is 0.981 bits per heavy atom. The van der Waals surface area contributed by atoms with E-state index in [4.69, 9.17) is 9.72 Å². The molecule has 3 N–H and O–H groups in total. The molecule has 4 aliphatic rings. The summed E-state index contributed by atoms with van der Waals surface area (Å²) in [6, 6.07) is 1.82. The number of imidazole rings is 1. The summed E-state index contributed by atoms with van der Waals surface area (Å²) in [7, 11) is 0. The Kier molecular flexibility index (Phi) is 9.55. The van der Waals surface area contributed by atoms with Crippen molar-refractivity contribution in [3.05, 3.63) is 53.8 Å². The molecule has 52 heavy (non-hydrogen) atoms. The third-order valence-electron chi connectivity index (χ3n) is 10.9. The number of allylic oxidation sites excluding steroid dienone is 1. The number of nitrogens with one attached hydrogen (secondary N) is 2. The van der Waals surface area contributed by atoms with Gasteiger partial charge in [0, 0.05) is 46.7 Å². The number of carboxylic acid groups (broad SMARTS) is 1. The summed E-state index contributed by atoms with van der Waals surface area (Å²) >= 11 is 3.04. The quantitative estimate of drug-likeness (QED) is 0.202. The molecule has 8 rings (SSSR count). The molecular weight excluding hydrogens is 703 g/mol. The van der Waals surface area contributed by atoms with Crippen LogP contribution in [-0.2, 0) is 19.1 Å². The van der Waals surface area contributed by atoms with Gasteiger partial charge in [0.15, 0.2) is 0 Å². The molecule has 0 unspecified atom stereocenters. The highest BCUT2D eigenvalue weighted by molar-refractivity contribution is 7.13. The minimum absolute atomic E-state index is 0.162. The van der Waals surface area contributed by atoms with Gasteiger partial charge in [-0.25, -0.2) is 24.5 Å². The van der Waals surface area contributed by atoms with Crippen molar-refractivity contribution in [2.24, 2.45) is 5.92 Å². The van der Waals surface area contributed by atoms with E-state index in [1.807, 2.05) is 39.6 Å². The number of hydrogen-bond donors (Lipinski definition) is 3. The summed E-state index contributed by atoms with van der Waals surface area (Å²) in [5.74, 6) is -2.32. The fraction of sp³-hybridized carbons (Fsp3) is 0.486. The van der Waals surface area contributed by atoms with Crippen LogP contribution in [0.4, 0.5) is 4.79 Å². The van der Waals surface area contributed by atoms with Crippen LogP contribution >= 0.6 is 22.7 Å². The number of alkyl carbamates (subject to hydrolysis) is 1. The van der Waals surface area contributed by atoms with Crippen LogP contribution in [0.25, 0.3) is 32.2 Å². The van der Waals surface area contributed by atoms with E-state index in [-0.39, 0.29) is 43.4 Å². The maximum absolute atomic E-state index is 14.6. The van der Waals surface area contributed by atoms with Crippen LogP contribution in [0.2, 0.25) is 0 Å². The molecular formula is C37H41N7O6S2. The highest BCUT2D eigenvalue weighted by atomic mass is 32.1. The van der Waals surface area contributed by atoms with E-state index in [9.17, 15) is 24.3 Å². The van der Waals surface area contributed by atoms with Gasteiger partial charge in [-0.15, -0.1) is 22.7 Å². The van der Waals surface area contributed by atoms with Crippen molar-refractivity contribution in [3.8, 4) is 21.1 Å². The lowest BCUT2D eigenvalue weighted by atomic mass is 10.0. The number of carbonyl (C=O) groups excluding carboxylic acids is 3. The lowest BCUT2D eigenvalue weighted by Gasteiger charge is -2.29. The zero-order valence-corrected chi connectivity index (χ0v) is 30.2. The van der Waals surface area contributed by atoms with Gasteiger partial charge >= 0.3 is 12.1 Å². The second-order valence-corrected chi connectivity index (χ2v) is 16.1. The minimum Gasteiger partial charge on any atom is -0.479 e. The van der Waals surface area contributed by atoms with Gasteiger partial charge in [-0.3, -0.25) is 9.59 Å². The van der Waals surface area contributed by atoms with Crippen LogP contribution in [0.15, 0.2) is 53.8 Å². The molecule has 3 aromatic heterocycles. The normalized spacial score (nSPS) is 27.7. The smallest absolute Gasteiger partial charge is 0.408 e. The van der Waals surface area contributed by atoms with E-state index in [2.05, 4.69) is 20.6 Å². The van der Waals surface area contributed by atoms with Gasteiger partial charge in [0.2, 0.25) is 11.8 Å². The van der Waals surface area contributed by atoms with Gasteiger partial charge < -0.3 is 29.9 Å². The van der Waals surface area contributed by atoms with Crippen molar-refractivity contribution >= 4 is 57.6 Å². The molecule has 272 valence electrons. The second-order valence-electron chi connectivity index (χ2n) is 14.3. The summed E-state index contributed by atoms with van der Waals surface area (Å²) in [6.45, 7) is 0.162. The number of hydrogen-bond acceptors (Lipinski definition) is 10. The predicted molar refractivity (Wildman–Crippen MR) is 196 cm³/mol. The maximum Gasteiger partial charge on any atom is 0.408 e. The lowest BCUT2D eigenvalue weighted by molar-refractivity contribution is -0.145. The summed E-state index contributed by atoms with van der Waals surface area (Å²) in [6.07, 6.45) is 16.0. The Bertz CT molecular complexity index is 1990. The number of nitrogens with zero attached hydrogens (tertiary/aromatic N) is 5. The number of ether oxygens (including phenoxy) is 1. The van der Waals surface area contributed by atoms with Gasteiger partial charge in [-0.2, -0.15) is 0 Å². The monoisotopic (exact) mass is 743 g/mol. The fourth-order valence-electron chi connectivity index (χ4n) is 8.05. The molecule has 13 nitrogen and oxygen atoms in total. The van der Waals surface area contributed by atoms with Crippen LogP contribution in [-0.4, -0.2) is 83.7 Å². The largest absolute Gasteiger partial charge is 0.479 e. The Hall–Kier alpha value is -4.63. The number of carboxylic acids is 1. The third-order valence-corrected chi connectivity index (χ3v) is 12.5. The minimum atomic E-state index is -1.42. The number of benzene rings is 1. The van der Waals surface area contributed by atoms with Gasteiger partial charge in [-0.1, -0.05) is 25.0 Å². The van der Waals surface area contributed by atoms with Crippen LogP contribution in [0, 0.1) is 5.92 Å². The van der Waals surface area contributed by atoms with Gasteiger partial charge in [-0.05, 0) is 69.9 Å². The van der Waals surface area contributed by atoms with Crippen molar-refractivity contribution in [2.75, 3.05) is 6.54 Å². The second kappa shape index (κ2) is 14.4. The molecule has 5 heterocycles. The summed E-state index contributed by atoms with van der Waals surface area (Å²) in [5, 5.41) is 21.5. The molecule has 0 spiro atoms. The first-order chi connectivity index (χ1) is 25.3. The first-order valence-electron chi connectivity index (χ1n) is 18.1. The highest BCUT2D eigenvalue weighted by Gasteiger charge is 2.61. The summed E-state index contributed by atoms with van der Waals surface area (Å²) < 4.78 is 7.70. The average Bonchev–Trinajstić information content (AvgIpc) is 3.88. The summed E-state index contributed by atoms with van der Waals surface area (Å²) in [4.78, 5) is 70.0. The van der Waals surface area contributed by atoms with Crippen molar-refractivity contribution in [3.63, 3.8) is 0 Å². The molecule has 0 radical (unpaired) electrons. The number of thiazole rings is 2. The van der Waals surface area contributed by atoms with E-state index < -0.39 is 35.6 Å². The van der Waals surface area contributed by atoms with Crippen molar-refractivity contribution < 1.29 is 29.0 Å². The zero-order valence-electron chi connectivity index (χ0n) is 28.6. The molecule has 1 aromatic carbocycles. The Labute approximate surface area is 308 Å². The highest BCUT2D eigenvalue weighted by Crippen LogP contribution is 2.46. The Balaban J connectivity index is 1.15. The summed E-state index contributed by atoms with van der Waals surface area (Å²) in [5.41, 5.74) is 1.89. The molecule has 3 amide bonds. The molecule has 2 saturated carbocycles. The van der Waals surface area contributed by atoms with E-state index in [0.29, 0.717) is 12.8 Å². The molecule has 2 aliphatic heterocycles. The van der Waals surface area contributed by atoms with Crippen LogP contribution < -0.4 is 10.6 Å². The van der Waals surface area contributed by atoms with E-state index >= 15 is 0 Å². The Morgan fingerprint density at radius 2 is 1.75 bits per heavy atom. The lowest BCUT2D eigenvalue weighted by Crippen LogP contribution is -2.56. The topological polar surface area (TPSA) is 169 Å². The number of aromatic nitrogens is 4. The van der Waals surface area contributed by atoms with Crippen molar-refractivity contribution in [1.29, 1.82) is 0 Å². The SMILES string of the molecule is O=C(N[C@H]1CCCCC/C=C\[C@@H]2C[C@@]2(C(=O)O)NC(=O)[C@@H]2C[C@@H](n3cnc4c(-c5nccs5)cc(-c5nccs5)cc43)CN2C1=O)OC1CCCC1. The van der Waals surface area contributed by atoms with Gasteiger partial charge in [0.05, 0.1) is 23.4 Å². The molecule has 0 bridgehead atoms. The van der Waals surface area contributed by atoms with Crippen LogP contribution in [0.3, 0.4) is 0 Å². The number of amides is 3. The number of carbonyl (C=O) groups is 4. The molecule has 3 fully saturated rings. The number of rotatable bonds is 6. The van der Waals surface area contributed by atoms with E-state index in [1.165, 1.54) is 27.6 Å². The third kappa shape index (κ3) is 6.71. The van der Waals surface area contributed by atoms with Crippen LogP contribution in [0.5, 0.6) is 0 Å². The zero-order chi connectivity index (χ0) is 35.8. The molecule has 4 aromatic rings. The number of fused-ring (bicyclic) bond motifs is 3. The van der Waals surface area contributed by atoms with Gasteiger partial charge in [0.1, 0.15) is 33.7 Å². The van der Waals surface area contributed by atoms with E-state index in [1.54, 1.807) is 18.7 Å². The standard InChI is InChI=1S/C37H41N7O6S2/c45-31-29-18-24(44-21-40-30-26(33-39-13-15-52-33)16-22(17-28(30)44)32-38-12-14-51-32)20-43(29)34(46)27(41-36(49)50-25-9-6-7-10-25)11-5-3-1-2-4-8-23-19-37(23,42-31)35(47)48/h4,8,12-17,21,23-25,27,29H,1-3,5-7,9-11,18-20H2,(H,41,49)(H,42,45)(H,47,48)/b8-4-/t23-,24-,27+,29+,37-/m1/s1. The van der Waals surface area contributed by atoms with Gasteiger partial charge in [0.25, 0.3) is 0 Å². The fourth-order valence-corrected chi connectivity index (χ4v) is 9.33. The Morgan fingerprint density at radius 3 is 2.50 bits per heavy atom. The van der Waals surface area contributed by atoms with Crippen molar-refractivity contribution in [2.45, 2.75) is 100 Å². The average molecular weight is 744 g/mol. The van der Waals surface area contributed by atoms with Crippen LogP contribution in [0.1, 0.15) is 76.7 Å². The van der Waals surface area contributed by atoms with Crippen molar-refractivity contribution in [1.82, 2.24) is 35.1 Å². The predicted octanol–water partition coefficient (Wildman–Crippen LogP) is 5.94. The molecule has 5 atom stereocenters. The number of aliphatic carboxylic acids is 1. The first kappa shape index (κ1) is 34.5. The first-order valence-corrected chi connectivity index (χ1v) is 19.9. The molecule has 1 saturated heterocycles. The van der Waals surface area contributed by atoms with E-state index in [0.717, 1.165) is 77.1 Å². The molecule has 15 heteroatoms.